The van der Waals surface area contributed by atoms with Gasteiger partial charge in [-0.15, -0.1) is 0 Å². The maximum Gasteiger partial charge on any atom is 0.798 e. The summed E-state index contributed by atoms with van der Waals surface area (Å²) in [5, 5.41) is 9.66. The molecule has 0 fully saturated rings. The van der Waals surface area contributed by atoms with Crippen molar-refractivity contribution >= 4 is 170 Å². The molecule has 0 aliphatic carbocycles. The highest BCUT2D eigenvalue weighted by Crippen LogP contribution is 2.44. The molecule has 4 aromatic heterocycles. The molecule has 0 N–H and O–H groups in total. The van der Waals surface area contributed by atoms with Crippen LogP contribution >= 0.6 is 0 Å². The fourth-order valence-electron chi connectivity index (χ4n) is 15.8. The average Bonchev–Trinajstić information content (AvgIpc) is 1.55. The third-order valence-corrected chi connectivity index (χ3v) is 34.4. The Morgan fingerprint density at radius 3 is 0.667 bits per heavy atom. The lowest BCUT2D eigenvalue weighted by molar-refractivity contribution is 0.539. The van der Waals surface area contributed by atoms with Crippen molar-refractivity contribution in [3.05, 3.63) is 309 Å². The highest BCUT2D eigenvalue weighted by molar-refractivity contribution is 6.89. The normalized spacial score (nSPS) is 15.5. The minimum absolute atomic E-state index is 0.583. The van der Waals surface area contributed by atoms with Gasteiger partial charge in [0.25, 0.3) is 0 Å². The van der Waals surface area contributed by atoms with E-state index < -0.39 is 46.5 Å². The van der Waals surface area contributed by atoms with Crippen molar-refractivity contribution in [3.8, 4) is 11.1 Å². The van der Waals surface area contributed by atoms with Crippen molar-refractivity contribution in [1.29, 1.82) is 0 Å². The van der Waals surface area contributed by atoms with Gasteiger partial charge >= 0.3 is 29.8 Å². The molecule has 8 aliphatic rings. The van der Waals surface area contributed by atoms with E-state index in [-0.39, 0.29) is 0 Å². The molecule has 102 heavy (non-hydrogen) atoms. The second kappa shape index (κ2) is 21.4. The van der Waals surface area contributed by atoms with E-state index in [0.717, 1.165) is 109 Å². The van der Waals surface area contributed by atoms with Crippen LogP contribution in [0.5, 0.6) is 0 Å². The van der Waals surface area contributed by atoms with Crippen molar-refractivity contribution in [2.45, 2.75) is 26.2 Å². The van der Waals surface area contributed by atoms with E-state index >= 15 is 0 Å². The standard InChI is InChI=1S/2C32H16N8.C16H20O2Si2.2Al/c2*1-2-10-18-17(9-1)25-33-26(18)38-28-21-13-5-6-14-22(21)30(35-28)40-32-24-16-8-7-15-23(24)31(36-32)39-29-20-12-4-3-11-19(20)27(34-29)37-25;1-19(2,17)15-9-5-13(6-10-15)14-7-11-16(12-8-14)20(3,4)18;;/h2*1-16H;5-12H,1-4H3;;/q3*-2;2*+3. The Hall–Kier alpha value is -11.7. The zero-order valence-corrected chi connectivity index (χ0v) is 59.5. The fourth-order valence-corrected chi connectivity index (χ4v) is 28.4. The second-order valence-electron chi connectivity index (χ2n) is 27.4. The van der Waals surface area contributed by atoms with E-state index in [1.165, 1.54) is 0 Å². The third kappa shape index (κ3) is 8.45. The quantitative estimate of drug-likeness (QED) is 0.144. The van der Waals surface area contributed by atoms with Gasteiger partial charge in [0.05, 0.1) is 0 Å². The van der Waals surface area contributed by atoms with Gasteiger partial charge in [0.15, 0.2) is 63.3 Å². The largest absolute Gasteiger partial charge is 0.798 e. The number of fused-ring (bicyclic) bond motifs is 28. The number of aliphatic imine (C=N–C) groups is 8. The lowest BCUT2D eigenvalue weighted by Gasteiger charge is -2.30. The minimum atomic E-state index is -3.20. The first-order valence-corrected chi connectivity index (χ1v) is 42.9. The zero-order chi connectivity index (χ0) is 67.4. The van der Waals surface area contributed by atoms with Crippen molar-refractivity contribution < 1.29 is 6.96 Å². The molecule has 18 nitrogen and oxygen atoms in total. The van der Waals surface area contributed by atoms with Crippen molar-refractivity contribution in [2.24, 2.45) is 59.9 Å². The summed E-state index contributed by atoms with van der Waals surface area (Å²) in [5.74, 6) is 7.50. The molecule has 0 amide bonds. The average molecular weight is 1380 g/mol. The van der Waals surface area contributed by atoms with Gasteiger partial charge in [-0.3, -0.25) is 0 Å². The van der Waals surface area contributed by atoms with E-state index in [4.69, 9.17) is 66.9 Å². The maximum absolute atomic E-state index is 8.18. The van der Waals surface area contributed by atoms with E-state index in [0.29, 0.717) is 91.9 Å². The van der Waals surface area contributed by atoms with Crippen LogP contribution in [0.2, 0.25) is 26.2 Å². The first kappa shape index (κ1) is 58.2. The number of nitrogens with zero attached hydrogens (tertiary/aromatic N) is 16. The Morgan fingerprint density at radius 1 is 0.225 bits per heavy atom. The molecule has 0 spiro atoms. The van der Waals surface area contributed by atoms with Crippen LogP contribution in [0.15, 0.2) is 303 Å². The van der Waals surface area contributed by atoms with Gasteiger partial charge in [0.2, 0.25) is 0 Å². The van der Waals surface area contributed by atoms with Crippen molar-refractivity contribution in [1.82, 2.24) is 14.2 Å². The Kier molecular flexibility index (Phi) is 12.2. The SMILES string of the molecule is C[Si](C)([O][Al]1[n]2c3c4ccccc4c2N=C2N=C(N=c4c5ccccc5c([n]41)=NC1=NC(=N3)c3ccccc31)c1ccccc12)c1ccc(-c2ccc([Si](C)(C)[O][Al]3[n]4c5c6ccccc6c4N=C4N=C(N=c6c7ccccc7c([n]63)=NC3=NC(=N5)c5ccccc53)c3ccccc34)cc2)cc1. The zero-order valence-electron chi connectivity index (χ0n) is 55.2. The molecule has 22 heteroatoms. The van der Waals surface area contributed by atoms with Gasteiger partial charge in [0, 0.05) is 87.6 Å². The summed E-state index contributed by atoms with van der Waals surface area (Å²) in [6, 6.07) is 84.4. The highest BCUT2D eigenvalue weighted by atomic mass is 28.4. The molecular weight excluding hydrogens is 1330 g/mol. The molecule has 12 heterocycles. The second-order valence-corrected chi connectivity index (χ2v) is 39.9. The van der Waals surface area contributed by atoms with E-state index in [2.05, 4.69) is 235 Å². The topological polar surface area (TPSA) is 187 Å². The molecule has 22 rings (SSSR count). The van der Waals surface area contributed by atoms with E-state index in [1.807, 2.05) is 48.5 Å². The fraction of sp³-hybridized carbons (Fsp3) is 0.0500. The van der Waals surface area contributed by atoms with Gasteiger partial charge in [0.1, 0.15) is 45.2 Å². The molecule has 0 atom stereocenters. The van der Waals surface area contributed by atoms with Gasteiger partial charge < -0.3 is 21.2 Å². The van der Waals surface area contributed by atoms with Crippen LogP contribution < -0.4 is 32.3 Å². The van der Waals surface area contributed by atoms with Crippen molar-refractivity contribution in [3.63, 3.8) is 0 Å². The molecular formula is C80H52Al2N16O2Si2. The smallest absolute Gasteiger partial charge is 0.506 e. The number of amidine groups is 8. The van der Waals surface area contributed by atoms with Crippen LogP contribution in [0.4, 0.5) is 23.3 Å². The summed E-state index contributed by atoms with van der Waals surface area (Å²) in [6.45, 7) is 9.17. The predicted molar refractivity (Wildman–Crippen MR) is 410 cm³/mol. The van der Waals surface area contributed by atoms with Crippen LogP contribution in [0.1, 0.15) is 44.5 Å². The summed E-state index contributed by atoms with van der Waals surface area (Å²) in [6.07, 6.45) is 0. The summed E-state index contributed by atoms with van der Waals surface area (Å²) >= 11 is -6.40. The first-order valence-electron chi connectivity index (χ1n) is 34.1. The summed E-state index contributed by atoms with van der Waals surface area (Å²) < 4.78 is 25.5. The Morgan fingerprint density at radius 2 is 0.431 bits per heavy atom. The molecule has 14 aromatic rings. The van der Waals surface area contributed by atoms with Crippen molar-refractivity contribution in [2.75, 3.05) is 0 Å². The van der Waals surface area contributed by atoms with Crippen LogP contribution in [-0.2, 0) is 6.96 Å². The van der Waals surface area contributed by atoms with Crippen LogP contribution in [0, 0.1) is 0 Å². The lowest BCUT2D eigenvalue weighted by Crippen LogP contribution is -2.57. The summed E-state index contributed by atoms with van der Waals surface area (Å²) in [5.41, 5.74) is 12.2. The predicted octanol–water partition coefficient (Wildman–Crippen LogP) is 12.1. The molecule has 0 saturated carbocycles. The molecule has 10 aromatic carbocycles. The lowest BCUT2D eigenvalue weighted by atomic mass is 10.1. The van der Waals surface area contributed by atoms with Crippen LogP contribution in [0.25, 0.3) is 54.2 Å². The summed E-state index contributed by atoms with van der Waals surface area (Å²) in [4.78, 5) is 65.8. The monoisotopic (exact) mass is 1380 g/mol. The highest BCUT2D eigenvalue weighted by Gasteiger charge is 2.49. The molecule has 0 saturated heterocycles. The number of hydrogen-bond acceptors (Lipinski definition) is 14. The molecule has 0 unspecified atom stereocenters. The number of rotatable bonds is 7. The summed E-state index contributed by atoms with van der Waals surface area (Å²) in [7, 11) is -5.98. The Balaban J connectivity index is 0.672. The van der Waals surface area contributed by atoms with Crippen LogP contribution in [-0.4, -0.2) is 107 Å². The number of benzene rings is 10. The van der Waals surface area contributed by atoms with Gasteiger partial charge in [-0.05, 0) is 47.7 Å². The molecule has 8 aliphatic heterocycles. The minimum Gasteiger partial charge on any atom is -0.506 e. The Labute approximate surface area is 593 Å². The van der Waals surface area contributed by atoms with Gasteiger partial charge in [-0.1, -0.05) is 243 Å². The van der Waals surface area contributed by atoms with E-state index in [9.17, 15) is 0 Å². The van der Waals surface area contributed by atoms with Gasteiger partial charge in [-0.25, -0.2) is 59.9 Å². The third-order valence-electron chi connectivity index (χ3n) is 20.8. The molecule has 0 radical (unpaired) electrons. The molecule has 12 bridgehead atoms. The molecule has 478 valence electrons. The van der Waals surface area contributed by atoms with Crippen LogP contribution in [0.3, 0.4) is 0 Å². The van der Waals surface area contributed by atoms with E-state index in [1.54, 1.807) is 0 Å². The first-order chi connectivity index (χ1) is 50.0. The maximum atomic E-state index is 8.18. The number of hydrogen-bond donors (Lipinski definition) is 0. The Bertz CT molecular complexity index is 6050. The van der Waals surface area contributed by atoms with Gasteiger partial charge in [-0.2, -0.15) is 0 Å². The number of aromatic nitrogens is 4.